The number of hydrogen-bond donors (Lipinski definition) is 2. The van der Waals surface area contributed by atoms with Crippen LogP contribution in [0.2, 0.25) is 0 Å². The Hall–Kier alpha value is -2.35. The molecule has 0 aliphatic heterocycles. The maximum Gasteiger partial charge on any atom is 0.293 e. The van der Waals surface area contributed by atoms with E-state index in [1.807, 2.05) is 7.05 Å². The highest BCUT2D eigenvalue weighted by Crippen LogP contribution is 2.13. The summed E-state index contributed by atoms with van der Waals surface area (Å²) in [5, 5.41) is 23.0. The van der Waals surface area contributed by atoms with E-state index >= 15 is 0 Å². The average Bonchev–Trinajstić information content (AvgIpc) is 2.88. The van der Waals surface area contributed by atoms with Crippen LogP contribution in [0.25, 0.3) is 0 Å². The Kier molecular flexibility index (Phi) is 4.94. The first kappa shape index (κ1) is 15.0. The molecular weight excluding hydrogens is 290 g/mol. The van der Waals surface area contributed by atoms with Crippen LogP contribution in [-0.4, -0.2) is 27.6 Å². The van der Waals surface area contributed by atoms with Gasteiger partial charge < -0.3 is 5.11 Å². The van der Waals surface area contributed by atoms with Crippen LogP contribution in [0.3, 0.4) is 0 Å². The molecule has 2 N–H and O–H groups in total. The Morgan fingerprint density at radius 1 is 1.52 bits per heavy atom. The van der Waals surface area contributed by atoms with E-state index in [9.17, 15) is 9.90 Å². The van der Waals surface area contributed by atoms with Crippen LogP contribution < -0.4 is 15.1 Å². The van der Waals surface area contributed by atoms with Gasteiger partial charge in [0, 0.05) is 5.10 Å². The average molecular weight is 305 g/mol. The van der Waals surface area contributed by atoms with E-state index in [-0.39, 0.29) is 17.4 Å². The summed E-state index contributed by atoms with van der Waals surface area (Å²) < 4.78 is 1.78. The number of amides is 1. The van der Waals surface area contributed by atoms with Gasteiger partial charge in [-0.05, 0) is 24.2 Å². The lowest BCUT2D eigenvalue weighted by atomic mass is 10.1. The van der Waals surface area contributed by atoms with Gasteiger partial charge in [-0.25, -0.2) is 9.99 Å². The van der Waals surface area contributed by atoms with E-state index in [1.54, 1.807) is 36.0 Å². The molecule has 0 radical (unpaired) electrons. The molecule has 7 nitrogen and oxygen atoms in total. The number of benzene rings is 1. The zero-order valence-corrected chi connectivity index (χ0v) is 12.5. The molecule has 8 heteroatoms. The third kappa shape index (κ3) is 4.06. The Morgan fingerprint density at radius 3 is 2.95 bits per heavy atom. The molecule has 0 fully saturated rings. The summed E-state index contributed by atoms with van der Waals surface area (Å²) in [6, 6.07) is 6.56. The topological polar surface area (TPSA) is 97.1 Å². The number of hydrazone groups is 1. The summed E-state index contributed by atoms with van der Waals surface area (Å²) in [4.78, 5) is 11.7. The Balaban J connectivity index is 1.90. The van der Waals surface area contributed by atoms with Gasteiger partial charge in [0.25, 0.3) is 17.4 Å². The first-order valence-electron chi connectivity index (χ1n) is 6.19. The number of carbonyl (C=O) groups is 1. The minimum Gasteiger partial charge on any atom is -0.872 e. The normalized spacial score (nSPS) is 11.4. The molecule has 1 aromatic heterocycles. The highest BCUT2D eigenvalue weighted by molar-refractivity contribution is 7.99. The van der Waals surface area contributed by atoms with Crippen LogP contribution in [-0.2, 0) is 11.8 Å². The van der Waals surface area contributed by atoms with Crippen molar-refractivity contribution in [1.29, 1.82) is 0 Å². The lowest BCUT2D eigenvalue weighted by Gasteiger charge is -2.12. The minimum absolute atomic E-state index is 0.119. The van der Waals surface area contributed by atoms with Crippen LogP contribution in [0.5, 0.6) is 5.75 Å². The molecule has 2 aromatic rings. The molecule has 21 heavy (non-hydrogen) atoms. The van der Waals surface area contributed by atoms with Crippen molar-refractivity contribution in [2.75, 3.05) is 5.75 Å². The van der Waals surface area contributed by atoms with Crippen LogP contribution in [0.15, 0.2) is 40.9 Å². The van der Waals surface area contributed by atoms with Crippen LogP contribution >= 0.6 is 11.8 Å². The van der Waals surface area contributed by atoms with Crippen molar-refractivity contribution in [2.45, 2.75) is 12.1 Å². The smallest absolute Gasteiger partial charge is 0.293 e. The van der Waals surface area contributed by atoms with E-state index in [1.165, 1.54) is 17.8 Å². The molecule has 110 valence electrons. The molecular formula is C13H15N5O2S. The van der Waals surface area contributed by atoms with Gasteiger partial charge in [0.05, 0.1) is 18.5 Å². The fourth-order valence-electron chi connectivity index (χ4n) is 1.57. The number of rotatable bonds is 5. The number of aromatic nitrogens is 3. The van der Waals surface area contributed by atoms with Crippen molar-refractivity contribution in [3.63, 3.8) is 0 Å². The number of thioether (sulfide) groups is 1. The third-order valence-electron chi connectivity index (χ3n) is 2.68. The molecule has 0 spiro atoms. The third-order valence-corrected chi connectivity index (χ3v) is 3.74. The quantitative estimate of drug-likeness (QED) is 0.350. The second-order valence-electron chi connectivity index (χ2n) is 4.29. The lowest BCUT2D eigenvalue weighted by Crippen LogP contribution is -2.29. The second-order valence-corrected chi connectivity index (χ2v) is 5.25. The lowest BCUT2D eigenvalue weighted by molar-refractivity contribution is -0.709. The van der Waals surface area contributed by atoms with Crippen LogP contribution in [0.1, 0.15) is 12.5 Å². The molecule has 0 atom stereocenters. The summed E-state index contributed by atoms with van der Waals surface area (Å²) in [5.41, 5.74) is 3.39. The molecule has 0 saturated heterocycles. The van der Waals surface area contributed by atoms with Gasteiger partial charge in [-0.1, -0.05) is 30.0 Å². The number of carbonyl (C=O) groups excluding carboxylic acids is 1. The molecule has 1 aromatic carbocycles. The molecule has 0 aliphatic rings. The first-order chi connectivity index (χ1) is 10.1. The molecule has 1 amide bonds. The van der Waals surface area contributed by atoms with Gasteiger partial charge in [-0.2, -0.15) is 5.10 Å². The summed E-state index contributed by atoms with van der Waals surface area (Å²) in [7, 11) is 1.83. The van der Waals surface area contributed by atoms with Crippen molar-refractivity contribution in [1.82, 2.24) is 15.6 Å². The Labute approximate surface area is 126 Å². The standard InChI is InChI=1S/C13H15N5O2S/c1-9(10-5-3-4-6-11(10)19)15-16-12(20)7-21-13-17-14-8-18(13)2/h3-6,8H,7H2,1-2H3,(H2,15,16,19,20). The number of aryl methyl sites for hydroxylation is 1. The van der Waals surface area contributed by atoms with E-state index in [2.05, 4.69) is 20.7 Å². The predicted octanol–water partition coefficient (Wildman–Crippen LogP) is -0.0597. The van der Waals surface area contributed by atoms with Crippen molar-refractivity contribution in [2.24, 2.45) is 12.1 Å². The van der Waals surface area contributed by atoms with Crippen molar-refractivity contribution < 1.29 is 14.5 Å². The first-order valence-corrected chi connectivity index (χ1v) is 7.18. The molecule has 1 heterocycles. The van der Waals surface area contributed by atoms with Gasteiger partial charge in [-0.15, -0.1) is 5.10 Å². The number of hydrogen-bond acceptors (Lipinski definition) is 5. The van der Waals surface area contributed by atoms with E-state index in [0.29, 0.717) is 11.3 Å². The molecule has 0 aliphatic carbocycles. The SMILES string of the molecule is C/C(=N\NC(=O)CSc1[nH]nc[n+]1C)c1ccccc1[O-]. The predicted molar refractivity (Wildman–Crippen MR) is 76.7 cm³/mol. The van der Waals surface area contributed by atoms with Gasteiger partial charge in [0.15, 0.2) is 0 Å². The molecule has 0 bridgehead atoms. The van der Waals surface area contributed by atoms with Crippen LogP contribution in [0, 0.1) is 0 Å². The zero-order valence-electron chi connectivity index (χ0n) is 11.7. The minimum atomic E-state index is -0.252. The van der Waals surface area contributed by atoms with Gasteiger partial charge >= 0.3 is 0 Å². The van der Waals surface area contributed by atoms with Gasteiger partial charge in [0.1, 0.15) is 0 Å². The van der Waals surface area contributed by atoms with Crippen molar-refractivity contribution in [3.05, 3.63) is 36.2 Å². The summed E-state index contributed by atoms with van der Waals surface area (Å²) >= 11 is 1.31. The number of nitrogens with zero attached hydrogens (tertiary/aromatic N) is 3. The largest absolute Gasteiger partial charge is 0.872 e. The Bertz CT molecular complexity index is 668. The fraction of sp³-hybridized carbons (Fsp3) is 0.231. The van der Waals surface area contributed by atoms with Crippen molar-refractivity contribution in [3.8, 4) is 5.75 Å². The summed E-state index contributed by atoms with van der Waals surface area (Å²) in [5.74, 6) is -0.171. The number of nitrogens with one attached hydrogen (secondary N) is 2. The molecule has 0 saturated carbocycles. The number of para-hydroxylation sites is 1. The van der Waals surface area contributed by atoms with Gasteiger partial charge in [-0.3, -0.25) is 4.79 Å². The summed E-state index contributed by atoms with van der Waals surface area (Å²) in [6.07, 6.45) is 1.62. The Morgan fingerprint density at radius 2 is 2.29 bits per heavy atom. The van der Waals surface area contributed by atoms with Gasteiger partial charge in [0.2, 0.25) is 0 Å². The van der Waals surface area contributed by atoms with E-state index in [0.717, 1.165) is 5.16 Å². The maximum atomic E-state index is 11.7. The second kappa shape index (κ2) is 6.89. The molecule has 2 rings (SSSR count). The monoisotopic (exact) mass is 305 g/mol. The summed E-state index contributed by atoms with van der Waals surface area (Å²) in [6.45, 7) is 1.68. The maximum absolute atomic E-state index is 11.7. The van der Waals surface area contributed by atoms with Crippen molar-refractivity contribution >= 4 is 23.4 Å². The van der Waals surface area contributed by atoms with Crippen LogP contribution in [0.4, 0.5) is 0 Å². The highest BCUT2D eigenvalue weighted by Gasteiger charge is 2.10. The number of H-pyrrole nitrogens is 1. The zero-order chi connectivity index (χ0) is 15.2. The van der Waals surface area contributed by atoms with E-state index in [4.69, 9.17) is 0 Å². The number of aromatic amines is 1. The molecule has 0 unspecified atom stereocenters. The van der Waals surface area contributed by atoms with E-state index < -0.39 is 0 Å². The fourth-order valence-corrected chi connectivity index (χ4v) is 2.27. The highest BCUT2D eigenvalue weighted by atomic mass is 32.2.